The summed E-state index contributed by atoms with van der Waals surface area (Å²) in [7, 11) is 1.64. The van der Waals surface area contributed by atoms with Gasteiger partial charge in [0.05, 0.1) is 6.54 Å². The van der Waals surface area contributed by atoms with Gasteiger partial charge in [-0.2, -0.15) is 0 Å². The van der Waals surface area contributed by atoms with Crippen LogP contribution in [-0.2, 0) is 6.54 Å². The third-order valence-electron chi connectivity index (χ3n) is 3.16. The third-order valence-corrected chi connectivity index (χ3v) is 3.16. The molecule has 1 aliphatic rings. The summed E-state index contributed by atoms with van der Waals surface area (Å²) in [6.45, 7) is 0.426. The molecule has 0 atom stereocenters. The predicted molar refractivity (Wildman–Crippen MR) is 80.3 cm³/mol. The number of amides is 2. The van der Waals surface area contributed by atoms with E-state index in [1.807, 2.05) is 60.7 Å². The number of rotatable bonds is 3. The van der Waals surface area contributed by atoms with Crippen molar-refractivity contribution >= 4 is 11.9 Å². The van der Waals surface area contributed by atoms with Crippen molar-refractivity contribution in [1.82, 2.24) is 15.4 Å². The Hall–Kier alpha value is -2.82. The minimum atomic E-state index is -0.237. The van der Waals surface area contributed by atoms with E-state index in [4.69, 9.17) is 0 Å². The second kappa shape index (κ2) is 5.66. The van der Waals surface area contributed by atoms with Gasteiger partial charge in [-0.05, 0) is 5.56 Å². The van der Waals surface area contributed by atoms with Gasteiger partial charge in [0.2, 0.25) is 0 Å². The first-order valence-electron chi connectivity index (χ1n) is 6.69. The molecular formula is C16H15N4O. The Balaban J connectivity index is 1.83. The number of benzene rings is 2. The van der Waals surface area contributed by atoms with E-state index in [2.05, 4.69) is 10.5 Å². The molecule has 0 aliphatic carbocycles. The lowest BCUT2D eigenvalue weighted by molar-refractivity contribution is 0.137. The molecular weight excluding hydrogens is 264 g/mol. The fourth-order valence-electron chi connectivity index (χ4n) is 2.09. The average molecular weight is 279 g/mol. The van der Waals surface area contributed by atoms with Crippen molar-refractivity contribution in [3.05, 3.63) is 71.8 Å². The molecule has 0 unspecified atom stereocenters. The van der Waals surface area contributed by atoms with Crippen LogP contribution in [0.15, 0.2) is 65.8 Å². The first kappa shape index (κ1) is 13.2. The second-order valence-corrected chi connectivity index (χ2v) is 4.74. The van der Waals surface area contributed by atoms with Gasteiger partial charge in [-0.1, -0.05) is 60.7 Å². The molecule has 5 heteroatoms. The summed E-state index contributed by atoms with van der Waals surface area (Å²) in [5.74, 6) is 0.536. The highest BCUT2D eigenvalue weighted by Gasteiger charge is 2.27. The molecule has 1 aliphatic heterocycles. The maximum atomic E-state index is 12.2. The Morgan fingerprint density at radius 2 is 1.57 bits per heavy atom. The molecule has 0 N–H and O–H groups in total. The van der Waals surface area contributed by atoms with Crippen LogP contribution in [0, 0.1) is 0 Å². The van der Waals surface area contributed by atoms with Crippen molar-refractivity contribution < 1.29 is 4.79 Å². The summed E-state index contributed by atoms with van der Waals surface area (Å²) < 4.78 is 0. The lowest BCUT2D eigenvalue weighted by Crippen LogP contribution is -2.50. The molecule has 1 radical (unpaired) electrons. The average Bonchev–Trinajstić information content (AvgIpc) is 2.53. The van der Waals surface area contributed by atoms with Crippen LogP contribution in [0.25, 0.3) is 0 Å². The van der Waals surface area contributed by atoms with Gasteiger partial charge in [0.25, 0.3) is 0 Å². The summed E-state index contributed by atoms with van der Waals surface area (Å²) in [5, 5.41) is 6.97. The van der Waals surface area contributed by atoms with Crippen LogP contribution in [0.4, 0.5) is 4.79 Å². The van der Waals surface area contributed by atoms with E-state index in [9.17, 15) is 4.79 Å². The third kappa shape index (κ3) is 2.86. The summed E-state index contributed by atoms with van der Waals surface area (Å²) in [6.07, 6.45) is 0. The highest BCUT2D eigenvalue weighted by Crippen LogP contribution is 2.12. The van der Waals surface area contributed by atoms with Gasteiger partial charge in [0.1, 0.15) is 0 Å². The van der Waals surface area contributed by atoms with Crippen molar-refractivity contribution in [2.45, 2.75) is 6.54 Å². The fourth-order valence-corrected chi connectivity index (χ4v) is 2.09. The van der Waals surface area contributed by atoms with Crippen LogP contribution >= 0.6 is 0 Å². The number of amidine groups is 1. The number of hydrazone groups is 1. The fraction of sp³-hybridized carbons (Fsp3) is 0.125. The van der Waals surface area contributed by atoms with E-state index in [-0.39, 0.29) is 6.03 Å². The molecule has 0 saturated carbocycles. The van der Waals surface area contributed by atoms with E-state index in [0.29, 0.717) is 12.4 Å². The smallest absolute Gasteiger partial charge is 0.244 e. The summed E-state index contributed by atoms with van der Waals surface area (Å²) in [4.78, 5) is 12.2. The Morgan fingerprint density at radius 3 is 2.24 bits per heavy atom. The molecule has 2 aromatic rings. The minimum absolute atomic E-state index is 0.237. The molecule has 0 fully saturated rings. The maximum absolute atomic E-state index is 12.2. The molecule has 105 valence electrons. The van der Waals surface area contributed by atoms with Gasteiger partial charge in [0.15, 0.2) is 5.84 Å². The number of hydrogen-bond acceptors (Lipinski definition) is 2. The van der Waals surface area contributed by atoms with Gasteiger partial charge < -0.3 is 0 Å². The molecule has 21 heavy (non-hydrogen) atoms. The number of nitrogens with zero attached hydrogens (tertiary/aromatic N) is 4. The second-order valence-electron chi connectivity index (χ2n) is 4.74. The van der Waals surface area contributed by atoms with Gasteiger partial charge in [-0.3, -0.25) is 0 Å². The SMILES string of the molecule is CN1N=C(c2ccccc2)[N]N(Cc2ccccc2)C1=O. The Labute approximate surface area is 123 Å². The molecule has 5 nitrogen and oxygen atoms in total. The zero-order chi connectivity index (χ0) is 14.7. The van der Waals surface area contributed by atoms with Crippen molar-refractivity contribution in [3.8, 4) is 0 Å². The summed E-state index contributed by atoms with van der Waals surface area (Å²) >= 11 is 0. The van der Waals surface area contributed by atoms with E-state index in [1.54, 1.807) is 7.05 Å². The number of carbonyl (C=O) groups excluding carboxylic acids is 1. The van der Waals surface area contributed by atoms with E-state index >= 15 is 0 Å². The standard InChI is InChI=1S/C16H15N4O/c1-19-16(21)20(12-13-8-4-2-5-9-13)18-15(17-19)14-10-6-3-7-11-14/h2-11H,12H2,1H3. The van der Waals surface area contributed by atoms with Crippen molar-refractivity contribution in [2.75, 3.05) is 7.05 Å². The molecule has 0 spiro atoms. The highest BCUT2D eigenvalue weighted by atomic mass is 16.2. The number of urea groups is 1. The molecule has 0 saturated heterocycles. The zero-order valence-electron chi connectivity index (χ0n) is 11.7. The Bertz CT molecular complexity index is 654. The van der Waals surface area contributed by atoms with E-state index < -0.39 is 0 Å². The van der Waals surface area contributed by atoms with Crippen molar-refractivity contribution in [2.24, 2.45) is 5.10 Å². The Morgan fingerprint density at radius 1 is 0.952 bits per heavy atom. The van der Waals surface area contributed by atoms with Crippen LogP contribution in [0.2, 0.25) is 0 Å². The van der Waals surface area contributed by atoms with Crippen LogP contribution in [0.5, 0.6) is 0 Å². The quantitative estimate of drug-likeness (QED) is 0.851. The van der Waals surface area contributed by atoms with Gasteiger partial charge >= 0.3 is 6.03 Å². The van der Waals surface area contributed by atoms with Crippen LogP contribution in [0.3, 0.4) is 0 Å². The summed E-state index contributed by atoms with van der Waals surface area (Å²) in [5.41, 5.74) is 6.28. The van der Waals surface area contributed by atoms with E-state index in [0.717, 1.165) is 11.1 Å². The van der Waals surface area contributed by atoms with E-state index in [1.165, 1.54) is 10.0 Å². The zero-order valence-corrected chi connectivity index (χ0v) is 11.7. The topological polar surface area (TPSA) is 50.0 Å². The predicted octanol–water partition coefficient (Wildman–Crippen LogP) is 2.44. The van der Waals surface area contributed by atoms with Crippen LogP contribution in [-0.4, -0.2) is 28.9 Å². The maximum Gasteiger partial charge on any atom is 0.360 e. The molecule has 0 bridgehead atoms. The monoisotopic (exact) mass is 279 g/mol. The molecule has 2 aromatic carbocycles. The first-order chi connectivity index (χ1) is 10.2. The van der Waals surface area contributed by atoms with Crippen LogP contribution < -0.4 is 5.43 Å². The Kier molecular flexibility index (Phi) is 3.55. The number of hydrogen-bond donors (Lipinski definition) is 0. The molecule has 1 heterocycles. The van der Waals surface area contributed by atoms with Gasteiger partial charge in [-0.25, -0.2) is 14.8 Å². The van der Waals surface area contributed by atoms with Crippen molar-refractivity contribution in [3.63, 3.8) is 0 Å². The van der Waals surface area contributed by atoms with Crippen LogP contribution in [0.1, 0.15) is 11.1 Å². The first-order valence-corrected chi connectivity index (χ1v) is 6.69. The van der Waals surface area contributed by atoms with Gasteiger partial charge in [-0.15, -0.1) is 10.5 Å². The lowest BCUT2D eigenvalue weighted by Gasteiger charge is -2.29. The lowest BCUT2D eigenvalue weighted by atomic mass is 10.2. The summed E-state index contributed by atoms with van der Waals surface area (Å²) in [6, 6.07) is 19.2. The van der Waals surface area contributed by atoms with Gasteiger partial charge in [0, 0.05) is 12.6 Å². The number of carbonyl (C=O) groups is 1. The largest absolute Gasteiger partial charge is 0.360 e. The molecule has 3 rings (SSSR count). The van der Waals surface area contributed by atoms with Crippen molar-refractivity contribution in [1.29, 1.82) is 0 Å². The molecule has 0 aromatic heterocycles. The minimum Gasteiger partial charge on any atom is -0.244 e. The normalized spacial score (nSPS) is 14.7. The highest BCUT2D eigenvalue weighted by molar-refractivity contribution is 6.01. The molecule has 2 amide bonds.